The minimum absolute atomic E-state index is 0.0799. The summed E-state index contributed by atoms with van der Waals surface area (Å²) in [7, 11) is 3.86. The second kappa shape index (κ2) is 5.36. The van der Waals surface area contributed by atoms with Crippen LogP contribution in [-0.2, 0) is 16.6 Å². The Bertz CT molecular complexity index is 846. The van der Waals surface area contributed by atoms with Gasteiger partial charge in [-0.2, -0.15) is 0 Å². The van der Waals surface area contributed by atoms with E-state index in [1.807, 2.05) is 12.1 Å². The van der Waals surface area contributed by atoms with Gasteiger partial charge in [-0.3, -0.25) is 4.79 Å². The SMILES string of the molecule is C=CCNc1cc(OC)c2c3c1C[C@@H]1[C@@H]4C=CC(=O)[C@H](O2)[C@]34CCN1C. The number of rotatable bonds is 4. The fourth-order valence-electron chi connectivity index (χ4n) is 5.64. The number of hydrogen-bond donors (Lipinski definition) is 1. The zero-order valence-electron chi connectivity index (χ0n) is 15.2. The molecule has 5 rings (SSSR count). The fraction of sp³-hybridized carbons (Fsp3) is 0.476. The molecule has 2 aliphatic heterocycles. The third-order valence-corrected chi connectivity index (χ3v) is 6.77. The van der Waals surface area contributed by atoms with Crippen LogP contribution in [0.5, 0.6) is 11.5 Å². The lowest BCUT2D eigenvalue weighted by molar-refractivity contribution is -0.127. The maximum atomic E-state index is 12.8. The first kappa shape index (κ1) is 15.9. The van der Waals surface area contributed by atoms with Crippen molar-refractivity contribution in [2.75, 3.05) is 32.6 Å². The number of ether oxygens (including phenoxy) is 2. The third-order valence-electron chi connectivity index (χ3n) is 6.77. The molecule has 1 saturated heterocycles. The van der Waals surface area contributed by atoms with Gasteiger partial charge in [-0.05, 0) is 38.1 Å². The maximum Gasteiger partial charge on any atom is 0.196 e. The monoisotopic (exact) mass is 352 g/mol. The summed E-state index contributed by atoms with van der Waals surface area (Å²) >= 11 is 0. The van der Waals surface area contributed by atoms with E-state index in [0.29, 0.717) is 24.3 Å². The second-order valence-electron chi connectivity index (χ2n) is 7.81. The molecule has 0 radical (unpaired) electrons. The van der Waals surface area contributed by atoms with Crippen molar-refractivity contribution in [3.8, 4) is 11.5 Å². The van der Waals surface area contributed by atoms with Crippen molar-refractivity contribution < 1.29 is 14.3 Å². The predicted molar refractivity (Wildman–Crippen MR) is 100 cm³/mol. The number of piperidine rings is 1. The van der Waals surface area contributed by atoms with Gasteiger partial charge in [0.1, 0.15) is 0 Å². The van der Waals surface area contributed by atoms with Crippen molar-refractivity contribution in [2.45, 2.75) is 30.4 Å². The largest absolute Gasteiger partial charge is 0.493 e. The number of nitrogens with zero attached hydrogens (tertiary/aromatic N) is 1. The van der Waals surface area contributed by atoms with Crippen molar-refractivity contribution in [3.63, 3.8) is 0 Å². The van der Waals surface area contributed by atoms with E-state index in [4.69, 9.17) is 9.47 Å². The Kier molecular flexibility index (Phi) is 3.29. The Morgan fingerprint density at radius 2 is 2.38 bits per heavy atom. The summed E-state index contributed by atoms with van der Waals surface area (Å²) in [6.07, 6.45) is 7.18. The first-order valence-electron chi connectivity index (χ1n) is 9.30. The minimum Gasteiger partial charge on any atom is -0.493 e. The van der Waals surface area contributed by atoms with Gasteiger partial charge in [0.15, 0.2) is 23.4 Å². The lowest BCUT2D eigenvalue weighted by atomic mass is 9.53. The van der Waals surface area contributed by atoms with E-state index in [-0.39, 0.29) is 11.2 Å². The van der Waals surface area contributed by atoms with Crippen molar-refractivity contribution in [1.82, 2.24) is 4.90 Å². The Balaban J connectivity index is 1.80. The van der Waals surface area contributed by atoms with Gasteiger partial charge in [0.2, 0.25) is 0 Å². The molecule has 4 atom stereocenters. The van der Waals surface area contributed by atoms with E-state index in [2.05, 4.69) is 29.9 Å². The predicted octanol–water partition coefficient (Wildman–Crippen LogP) is 2.31. The zero-order chi connectivity index (χ0) is 18.1. The van der Waals surface area contributed by atoms with Crippen molar-refractivity contribution in [2.24, 2.45) is 5.92 Å². The summed E-state index contributed by atoms with van der Waals surface area (Å²) in [6.45, 7) is 5.49. The highest BCUT2D eigenvalue weighted by Crippen LogP contribution is 2.63. The minimum atomic E-state index is -0.425. The van der Waals surface area contributed by atoms with Crippen LogP contribution in [0.2, 0.25) is 0 Å². The molecule has 1 aromatic carbocycles. The molecule has 4 aliphatic rings. The zero-order valence-corrected chi connectivity index (χ0v) is 15.2. The van der Waals surface area contributed by atoms with Gasteiger partial charge in [-0.25, -0.2) is 0 Å². The second-order valence-corrected chi connectivity index (χ2v) is 7.81. The van der Waals surface area contributed by atoms with Crippen LogP contribution in [0, 0.1) is 5.92 Å². The average Bonchev–Trinajstić information content (AvgIpc) is 3.00. The van der Waals surface area contributed by atoms with E-state index in [9.17, 15) is 4.79 Å². The number of carbonyl (C=O) groups excluding carboxylic acids is 1. The standard InChI is InChI=1S/C21H24N2O3/c1-4-8-22-14-11-17(25-3)19-18-12(14)10-15-13-5-6-16(24)20(26-19)21(13,18)7-9-23(15)2/h4-6,11,13,15,20,22H,1,7-10H2,2-3H3/t13-,15+,20-,21-/m0/s1. The average molecular weight is 352 g/mol. The normalized spacial score (nSPS) is 33.5. The highest BCUT2D eigenvalue weighted by Gasteiger charge is 2.64. The highest BCUT2D eigenvalue weighted by atomic mass is 16.5. The number of carbonyl (C=O) groups is 1. The van der Waals surface area contributed by atoms with E-state index in [0.717, 1.165) is 30.8 Å². The van der Waals surface area contributed by atoms with Gasteiger partial charge in [0.25, 0.3) is 0 Å². The molecule has 136 valence electrons. The Labute approximate surface area is 153 Å². The maximum absolute atomic E-state index is 12.8. The van der Waals surface area contributed by atoms with Gasteiger partial charge in [0, 0.05) is 35.8 Å². The summed E-state index contributed by atoms with van der Waals surface area (Å²) < 4.78 is 12.0. The molecule has 0 amide bonds. The smallest absolute Gasteiger partial charge is 0.196 e. The molecule has 0 unspecified atom stereocenters. The van der Waals surface area contributed by atoms with E-state index >= 15 is 0 Å². The Morgan fingerprint density at radius 1 is 1.54 bits per heavy atom. The van der Waals surface area contributed by atoms with E-state index in [1.54, 1.807) is 13.2 Å². The Morgan fingerprint density at radius 3 is 3.15 bits per heavy atom. The number of nitrogens with one attached hydrogen (secondary N) is 1. The number of benzene rings is 1. The quantitative estimate of drug-likeness (QED) is 0.843. The number of methoxy groups -OCH3 is 1. The molecule has 2 aliphatic carbocycles. The van der Waals surface area contributed by atoms with Crippen LogP contribution in [-0.4, -0.2) is 50.1 Å². The summed E-state index contributed by atoms with van der Waals surface area (Å²) in [4.78, 5) is 15.2. The molecule has 1 N–H and O–H groups in total. The number of ketones is 1. The topological polar surface area (TPSA) is 50.8 Å². The van der Waals surface area contributed by atoms with E-state index in [1.165, 1.54) is 11.1 Å². The van der Waals surface area contributed by atoms with Crippen LogP contribution in [0.25, 0.3) is 0 Å². The summed E-state index contributed by atoms with van der Waals surface area (Å²) in [5.74, 6) is 1.87. The molecule has 1 aromatic rings. The van der Waals surface area contributed by atoms with Gasteiger partial charge in [-0.15, -0.1) is 6.58 Å². The molecule has 5 nitrogen and oxygen atoms in total. The fourth-order valence-corrected chi connectivity index (χ4v) is 5.64. The number of hydrogen-bond acceptors (Lipinski definition) is 5. The summed E-state index contributed by atoms with van der Waals surface area (Å²) in [5.41, 5.74) is 3.30. The van der Waals surface area contributed by atoms with Gasteiger partial charge < -0.3 is 19.7 Å². The van der Waals surface area contributed by atoms with Crippen LogP contribution in [0.1, 0.15) is 17.5 Å². The molecule has 0 saturated carbocycles. The Hall–Kier alpha value is -2.27. The first-order valence-corrected chi connectivity index (χ1v) is 9.30. The molecular formula is C21H24N2O3. The lowest BCUT2D eigenvalue weighted by Gasteiger charge is -2.55. The van der Waals surface area contributed by atoms with Gasteiger partial charge in [0.05, 0.1) is 12.5 Å². The molecule has 2 bridgehead atoms. The lowest BCUT2D eigenvalue weighted by Crippen LogP contribution is -2.64. The number of likely N-dealkylation sites (N-methyl/N-ethyl adjacent to an activating group) is 1. The number of anilines is 1. The summed E-state index contributed by atoms with van der Waals surface area (Å²) in [5, 5.41) is 3.48. The van der Waals surface area contributed by atoms with Crippen LogP contribution >= 0.6 is 0 Å². The van der Waals surface area contributed by atoms with Crippen LogP contribution < -0.4 is 14.8 Å². The van der Waals surface area contributed by atoms with E-state index < -0.39 is 6.10 Å². The molecule has 0 aromatic heterocycles. The van der Waals surface area contributed by atoms with Crippen molar-refractivity contribution in [1.29, 1.82) is 0 Å². The summed E-state index contributed by atoms with van der Waals surface area (Å²) in [6, 6.07) is 2.40. The van der Waals surface area contributed by atoms with Crippen LogP contribution in [0.15, 0.2) is 30.9 Å². The molecular weight excluding hydrogens is 328 g/mol. The molecule has 26 heavy (non-hydrogen) atoms. The van der Waals surface area contributed by atoms with Crippen LogP contribution in [0.4, 0.5) is 5.69 Å². The molecule has 2 heterocycles. The van der Waals surface area contributed by atoms with Crippen molar-refractivity contribution >= 4 is 11.5 Å². The van der Waals surface area contributed by atoms with Crippen LogP contribution in [0.3, 0.4) is 0 Å². The van der Waals surface area contributed by atoms with Gasteiger partial charge in [-0.1, -0.05) is 12.2 Å². The first-order chi connectivity index (χ1) is 12.6. The van der Waals surface area contributed by atoms with Crippen molar-refractivity contribution in [3.05, 3.63) is 42.0 Å². The third kappa shape index (κ3) is 1.77. The molecule has 1 fully saturated rings. The molecule has 1 spiro atoms. The molecule has 5 heteroatoms. The number of likely N-dealkylation sites (tertiary alicyclic amines) is 1. The van der Waals surface area contributed by atoms with Gasteiger partial charge >= 0.3 is 0 Å². The highest BCUT2D eigenvalue weighted by molar-refractivity contribution is 5.98.